The number of amides is 1. The largest absolute Gasteiger partial charge is 0.445 e. The summed E-state index contributed by atoms with van der Waals surface area (Å²) in [6.07, 6.45) is 14.6. The molecule has 7 nitrogen and oxygen atoms in total. The lowest BCUT2D eigenvalue weighted by Crippen LogP contribution is -2.30. The molecule has 2 heterocycles. The third-order valence-electron chi connectivity index (χ3n) is 7.49. The van der Waals surface area contributed by atoms with Crippen molar-refractivity contribution >= 4 is 23.1 Å². The number of carbonyl (C=O) groups excluding carboxylic acids is 1. The molecule has 6 rings (SSSR count). The Hall–Kier alpha value is -3.49. The number of ether oxygens (including phenoxy) is 1. The van der Waals surface area contributed by atoms with Crippen LogP contribution in [-0.2, 0) is 16.9 Å². The number of hydrogen-bond donors (Lipinski definition) is 2. The maximum absolute atomic E-state index is 12.9. The second-order valence-electron chi connectivity index (χ2n) is 10.7. The summed E-state index contributed by atoms with van der Waals surface area (Å²) in [6, 6.07) is 11.0. The van der Waals surface area contributed by atoms with Crippen LogP contribution in [0.15, 0.2) is 78.2 Å². The number of nitrogens with one attached hydrogen (secondary N) is 1. The molecular formula is C30H32N4O3S. The number of hydrogen-bond acceptors (Lipinski definition) is 6. The van der Waals surface area contributed by atoms with Crippen molar-refractivity contribution in [2.45, 2.75) is 57.8 Å². The average Bonchev–Trinajstić information content (AvgIpc) is 3.71. The van der Waals surface area contributed by atoms with Gasteiger partial charge in [-0.15, -0.1) is 11.3 Å². The average molecular weight is 529 g/mol. The van der Waals surface area contributed by atoms with Crippen molar-refractivity contribution < 1.29 is 14.6 Å². The zero-order valence-corrected chi connectivity index (χ0v) is 22.4. The number of aromatic nitrogens is 3. The number of aliphatic hydroxyl groups is 1. The molecule has 3 aliphatic rings. The molecule has 2 aromatic heterocycles. The number of thiazole rings is 1. The number of alkyl carbamates (subject to hydrolysis) is 1. The Balaban J connectivity index is 1.30. The topological polar surface area (TPSA) is 89.3 Å². The van der Waals surface area contributed by atoms with E-state index >= 15 is 0 Å². The molecular weight excluding hydrogens is 496 g/mol. The number of allylic oxidation sites excluding steroid dienone is 6. The molecule has 196 valence electrons. The zero-order chi connectivity index (χ0) is 26.3. The normalized spacial score (nSPS) is 21.2. The van der Waals surface area contributed by atoms with Crippen LogP contribution < -0.4 is 5.32 Å². The molecule has 3 aliphatic carbocycles. The lowest BCUT2D eigenvalue weighted by molar-refractivity contribution is 0.0783. The molecule has 1 amide bonds. The number of benzene rings is 1. The molecule has 8 heteroatoms. The summed E-state index contributed by atoms with van der Waals surface area (Å²) in [4.78, 5) is 18.1. The van der Waals surface area contributed by atoms with Crippen LogP contribution in [0, 0.1) is 11.8 Å². The van der Waals surface area contributed by atoms with E-state index in [1.807, 2.05) is 47.3 Å². The molecule has 0 aliphatic heterocycles. The summed E-state index contributed by atoms with van der Waals surface area (Å²) < 4.78 is 7.56. The van der Waals surface area contributed by atoms with E-state index in [1.54, 1.807) is 20.0 Å². The fourth-order valence-electron chi connectivity index (χ4n) is 5.65. The van der Waals surface area contributed by atoms with Gasteiger partial charge >= 0.3 is 6.09 Å². The van der Waals surface area contributed by atoms with Gasteiger partial charge in [-0.2, -0.15) is 5.10 Å². The van der Waals surface area contributed by atoms with E-state index in [4.69, 9.17) is 9.84 Å². The standard InChI is InChI=1S/C30H32N4O3S/c1-30(2,36)28-31-17-25(38-28)26(32-29(35)37-18-19-8-4-3-5-9-19)24-14-15-34(33-24)27-22-12-6-10-20(22)16-21-11-7-13-23(21)27/h3-6,8-10,14-17,20,22,26,36H,7,11-13,18H2,1-2H3,(H,32,35)/t20?,22?,26-/m0/s1. The molecule has 1 fully saturated rings. The molecule has 0 bridgehead atoms. The van der Waals surface area contributed by atoms with Crippen molar-refractivity contribution in [3.63, 3.8) is 0 Å². The molecule has 3 aromatic rings. The molecule has 2 unspecified atom stereocenters. The lowest BCUT2D eigenvalue weighted by atomic mass is 9.82. The van der Waals surface area contributed by atoms with Gasteiger partial charge in [0.25, 0.3) is 0 Å². The first-order valence-electron chi connectivity index (χ1n) is 13.2. The number of rotatable bonds is 7. The Bertz CT molecular complexity index is 1430. The Morgan fingerprint density at radius 3 is 2.89 bits per heavy atom. The van der Waals surface area contributed by atoms with Crippen molar-refractivity contribution in [2.75, 3.05) is 0 Å². The van der Waals surface area contributed by atoms with Crippen LogP contribution in [0.5, 0.6) is 0 Å². The van der Waals surface area contributed by atoms with Gasteiger partial charge in [0.05, 0.1) is 10.6 Å². The van der Waals surface area contributed by atoms with Gasteiger partial charge in [-0.05, 0) is 62.3 Å². The van der Waals surface area contributed by atoms with Crippen molar-refractivity contribution in [1.29, 1.82) is 0 Å². The van der Waals surface area contributed by atoms with Crippen LogP contribution >= 0.6 is 11.3 Å². The predicted molar refractivity (Wildman–Crippen MR) is 147 cm³/mol. The Kier molecular flexibility index (Phi) is 6.53. The highest BCUT2D eigenvalue weighted by Gasteiger charge is 2.36. The SMILES string of the molecule is CC(C)(O)c1ncc([C@@H](NC(=O)OCc2ccccc2)c2ccn(C3=C4CCCC4=CC4C=CCC34)n2)s1. The summed E-state index contributed by atoms with van der Waals surface area (Å²) in [5.41, 5.74) is 4.71. The fourth-order valence-corrected chi connectivity index (χ4v) is 6.63. The van der Waals surface area contributed by atoms with Crippen LogP contribution in [0.2, 0.25) is 0 Å². The minimum atomic E-state index is -1.08. The molecule has 2 N–H and O–H groups in total. The van der Waals surface area contributed by atoms with Gasteiger partial charge in [0.15, 0.2) is 0 Å². The van der Waals surface area contributed by atoms with Gasteiger partial charge in [0, 0.05) is 29.9 Å². The van der Waals surface area contributed by atoms with E-state index < -0.39 is 17.7 Å². The van der Waals surface area contributed by atoms with Gasteiger partial charge in [-0.3, -0.25) is 0 Å². The number of carbonyl (C=O) groups is 1. The summed E-state index contributed by atoms with van der Waals surface area (Å²) in [6.45, 7) is 3.58. The van der Waals surface area contributed by atoms with Crippen molar-refractivity contribution in [1.82, 2.24) is 20.1 Å². The van der Waals surface area contributed by atoms with Crippen LogP contribution in [0.1, 0.15) is 66.7 Å². The zero-order valence-electron chi connectivity index (χ0n) is 21.6. The second-order valence-corrected chi connectivity index (χ2v) is 11.8. The first-order chi connectivity index (χ1) is 18.4. The predicted octanol–water partition coefficient (Wildman–Crippen LogP) is 6.11. The second kappa shape index (κ2) is 10.0. The summed E-state index contributed by atoms with van der Waals surface area (Å²) in [5.74, 6) is 0.819. The monoisotopic (exact) mass is 528 g/mol. The maximum atomic E-state index is 12.9. The van der Waals surface area contributed by atoms with Crippen LogP contribution in [0.25, 0.3) is 5.70 Å². The van der Waals surface area contributed by atoms with Gasteiger partial charge < -0.3 is 15.2 Å². The van der Waals surface area contributed by atoms with Crippen LogP contribution in [0.3, 0.4) is 0 Å². The molecule has 0 saturated heterocycles. The molecule has 1 aromatic carbocycles. The van der Waals surface area contributed by atoms with Gasteiger partial charge in [0.1, 0.15) is 23.3 Å². The lowest BCUT2D eigenvalue weighted by Gasteiger charge is -2.28. The van der Waals surface area contributed by atoms with Crippen LogP contribution in [-0.4, -0.2) is 26.0 Å². The Morgan fingerprint density at radius 1 is 1.26 bits per heavy atom. The molecule has 3 atom stereocenters. The van der Waals surface area contributed by atoms with Gasteiger partial charge in [-0.25, -0.2) is 14.5 Å². The van der Waals surface area contributed by atoms with Crippen molar-refractivity contribution in [3.8, 4) is 0 Å². The quantitative estimate of drug-likeness (QED) is 0.361. The number of fused-ring (bicyclic) bond motifs is 2. The van der Waals surface area contributed by atoms with Crippen molar-refractivity contribution in [3.05, 3.63) is 99.3 Å². The molecule has 0 radical (unpaired) electrons. The first kappa shape index (κ1) is 24.8. The smallest absolute Gasteiger partial charge is 0.408 e. The summed E-state index contributed by atoms with van der Waals surface area (Å²) >= 11 is 1.36. The highest BCUT2D eigenvalue weighted by Crippen LogP contribution is 2.48. The van der Waals surface area contributed by atoms with E-state index in [9.17, 15) is 9.90 Å². The third-order valence-corrected chi connectivity index (χ3v) is 8.86. The minimum absolute atomic E-state index is 0.173. The highest BCUT2D eigenvalue weighted by molar-refractivity contribution is 7.11. The van der Waals surface area contributed by atoms with Gasteiger partial charge in [-0.1, -0.05) is 48.6 Å². The van der Waals surface area contributed by atoms with E-state index in [2.05, 4.69) is 28.5 Å². The molecule has 0 spiro atoms. The Labute approximate surface area is 226 Å². The highest BCUT2D eigenvalue weighted by atomic mass is 32.1. The minimum Gasteiger partial charge on any atom is -0.445 e. The maximum Gasteiger partial charge on any atom is 0.408 e. The Morgan fingerprint density at radius 2 is 2.11 bits per heavy atom. The van der Waals surface area contributed by atoms with Gasteiger partial charge in [0.2, 0.25) is 0 Å². The summed E-state index contributed by atoms with van der Waals surface area (Å²) in [5, 5.41) is 19.1. The van der Waals surface area contributed by atoms with Crippen LogP contribution in [0.4, 0.5) is 4.79 Å². The van der Waals surface area contributed by atoms with E-state index in [0.29, 0.717) is 22.5 Å². The molecule has 1 saturated carbocycles. The van der Waals surface area contributed by atoms with E-state index in [0.717, 1.165) is 29.7 Å². The molecule has 38 heavy (non-hydrogen) atoms. The fraction of sp³-hybridized carbons (Fsp3) is 0.367. The number of nitrogens with zero attached hydrogens (tertiary/aromatic N) is 3. The van der Waals surface area contributed by atoms with Crippen molar-refractivity contribution in [2.24, 2.45) is 11.8 Å². The first-order valence-corrected chi connectivity index (χ1v) is 14.0. The summed E-state index contributed by atoms with van der Waals surface area (Å²) in [7, 11) is 0. The van der Waals surface area contributed by atoms with E-state index in [-0.39, 0.29) is 6.61 Å². The third kappa shape index (κ3) is 4.86. The van der Waals surface area contributed by atoms with E-state index in [1.165, 1.54) is 34.6 Å².